The summed E-state index contributed by atoms with van der Waals surface area (Å²) in [6.45, 7) is 6.07. The summed E-state index contributed by atoms with van der Waals surface area (Å²) in [5.74, 6) is 0.774. The molecule has 2 aromatic rings. The van der Waals surface area contributed by atoms with Crippen LogP contribution >= 0.6 is 9.24 Å². The molecule has 84 valence electrons. The van der Waals surface area contributed by atoms with Crippen LogP contribution in [0.25, 0.3) is 11.4 Å². The van der Waals surface area contributed by atoms with Gasteiger partial charge in [-0.15, -0.1) is 9.24 Å². The minimum atomic E-state index is 0.774. The van der Waals surface area contributed by atoms with Crippen molar-refractivity contribution in [2.24, 2.45) is 0 Å². The molecular weight excluding hydrogens is 215 g/mol. The third-order valence-electron chi connectivity index (χ3n) is 1.98. The molecule has 0 radical (unpaired) electrons. The lowest BCUT2D eigenvalue weighted by molar-refractivity contribution is 1.19. The number of aryl methyl sites for hydroxylation is 1. The third kappa shape index (κ3) is 3.39. The zero-order valence-corrected chi connectivity index (χ0v) is 11.1. The van der Waals surface area contributed by atoms with E-state index in [-0.39, 0.29) is 0 Å². The van der Waals surface area contributed by atoms with Crippen molar-refractivity contribution in [1.29, 1.82) is 0 Å². The average Bonchev–Trinajstić information content (AvgIpc) is 2.34. The van der Waals surface area contributed by atoms with Gasteiger partial charge >= 0.3 is 0 Å². The molecule has 0 aliphatic carbocycles. The topological polar surface area (TPSA) is 25.8 Å². The fraction of sp³-hybridized carbons (Fsp3) is 0.231. The van der Waals surface area contributed by atoms with Crippen molar-refractivity contribution in [2.75, 3.05) is 0 Å². The summed E-state index contributed by atoms with van der Waals surface area (Å²) in [6, 6.07) is 8.20. The van der Waals surface area contributed by atoms with E-state index in [2.05, 4.69) is 38.3 Å². The third-order valence-corrected chi connectivity index (χ3v) is 2.28. The van der Waals surface area contributed by atoms with E-state index in [4.69, 9.17) is 0 Å². The van der Waals surface area contributed by atoms with Crippen molar-refractivity contribution >= 4 is 14.5 Å². The van der Waals surface area contributed by atoms with Crippen molar-refractivity contribution < 1.29 is 0 Å². The maximum Gasteiger partial charge on any atom is 0.159 e. The molecule has 0 aliphatic heterocycles. The molecule has 1 unspecified atom stereocenters. The fourth-order valence-electron chi connectivity index (χ4n) is 1.19. The summed E-state index contributed by atoms with van der Waals surface area (Å²) < 4.78 is 0. The van der Waals surface area contributed by atoms with Crippen LogP contribution < -0.4 is 5.30 Å². The molecule has 1 atom stereocenters. The fourth-order valence-corrected chi connectivity index (χ4v) is 1.34. The number of hydrogen-bond acceptors (Lipinski definition) is 2. The van der Waals surface area contributed by atoms with Crippen molar-refractivity contribution in [3.8, 4) is 11.4 Å². The highest BCUT2D eigenvalue weighted by Gasteiger charge is 1.98. The highest BCUT2D eigenvalue weighted by Crippen LogP contribution is 2.13. The summed E-state index contributed by atoms with van der Waals surface area (Å²) in [5, 5.41) is 1.00. The minimum absolute atomic E-state index is 0.774. The van der Waals surface area contributed by atoms with Crippen LogP contribution in [0.15, 0.2) is 36.7 Å². The van der Waals surface area contributed by atoms with E-state index < -0.39 is 0 Å². The minimum Gasteiger partial charge on any atom is -0.236 e. The van der Waals surface area contributed by atoms with Crippen LogP contribution in [0.3, 0.4) is 0 Å². The molecule has 3 heteroatoms. The molecule has 0 fully saturated rings. The van der Waals surface area contributed by atoms with Gasteiger partial charge in [0.05, 0.1) is 0 Å². The lowest BCUT2D eigenvalue weighted by Crippen LogP contribution is -1.96. The Morgan fingerprint density at radius 2 is 1.44 bits per heavy atom. The molecule has 0 N–H and O–H groups in total. The first-order valence-electron chi connectivity index (χ1n) is 5.40. The molecular formula is C13H17N2P. The van der Waals surface area contributed by atoms with Gasteiger partial charge in [-0.05, 0) is 6.92 Å². The highest BCUT2D eigenvalue weighted by molar-refractivity contribution is 7.27. The van der Waals surface area contributed by atoms with Crippen molar-refractivity contribution in [3.05, 3.63) is 42.2 Å². The predicted octanol–water partition coefficient (Wildman–Crippen LogP) is 2.98. The van der Waals surface area contributed by atoms with Crippen molar-refractivity contribution in [1.82, 2.24) is 9.97 Å². The number of rotatable bonds is 1. The quantitative estimate of drug-likeness (QED) is 0.706. The van der Waals surface area contributed by atoms with Gasteiger partial charge in [0.25, 0.3) is 0 Å². The molecule has 0 saturated heterocycles. The SMILES string of the molecule is CC.Cc1ccc(-c2ncc(P)cn2)cc1. The van der Waals surface area contributed by atoms with Gasteiger partial charge in [0.2, 0.25) is 0 Å². The summed E-state index contributed by atoms with van der Waals surface area (Å²) in [7, 11) is 2.57. The number of nitrogens with zero attached hydrogens (tertiary/aromatic N) is 2. The van der Waals surface area contributed by atoms with Crippen LogP contribution in [0.2, 0.25) is 0 Å². The van der Waals surface area contributed by atoms with E-state index in [0.717, 1.165) is 16.7 Å². The second kappa shape index (κ2) is 6.34. The lowest BCUT2D eigenvalue weighted by atomic mass is 10.1. The van der Waals surface area contributed by atoms with E-state index >= 15 is 0 Å². The lowest BCUT2D eigenvalue weighted by Gasteiger charge is -2.00. The molecule has 0 spiro atoms. The van der Waals surface area contributed by atoms with Crippen LogP contribution in [0.5, 0.6) is 0 Å². The van der Waals surface area contributed by atoms with E-state index in [1.165, 1.54) is 5.56 Å². The van der Waals surface area contributed by atoms with Crippen molar-refractivity contribution in [2.45, 2.75) is 20.8 Å². The van der Waals surface area contributed by atoms with Gasteiger partial charge in [0.1, 0.15) is 0 Å². The Morgan fingerprint density at radius 1 is 0.938 bits per heavy atom. The Bertz CT molecular complexity index is 377. The van der Waals surface area contributed by atoms with Gasteiger partial charge < -0.3 is 0 Å². The van der Waals surface area contributed by atoms with Gasteiger partial charge in [-0.2, -0.15) is 0 Å². The van der Waals surface area contributed by atoms with Crippen LogP contribution in [0.1, 0.15) is 19.4 Å². The van der Waals surface area contributed by atoms with E-state index in [1.54, 1.807) is 12.4 Å². The Morgan fingerprint density at radius 3 is 1.94 bits per heavy atom. The molecule has 0 amide bonds. The first kappa shape index (κ1) is 12.8. The van der Waals surface area contributed by atoms with E-state index in [9.17, 15) is 0 Å². The predicted molar refractivity (Wildman–Crippen MR) is 72.9 cm³/mol. The first-order chi connectivity index (χ1) is 7.75. The summed E-state index contributed by atoms with van der Waals surface area (Å²) >= 11 is 0. The Balaban J connectivity index is 0.000000606. The number of benzene rings is 1. The van der Waals surface area contributed by atoms with E-state index in [0.29, 0.717) is 0 Å². The molecule has 0 aliphatic rings. The Labute approximate surface area is 99.4 Å². The first-order valence-corrected chi connectivity index (χ1v) is 5.98. The molecule has 1 aromatic heterocycles. The maximum absolute atomic E-state index is 4.25. The second-order valence-electron chi connectivity index (χ2n) is 3.21. The van der Waals surface area contributed by atoms with Crippen LogP contribution in [0, 0.1) is 6.92 Å². The average molecular weight is 232 g/mol. The van der Waals surface area contributed by atoms with Gasteiger partial charge in [-0.25, -0.2) is 9.97 Å². The molecule has 1 aromatic carbocycles. The normalized spacial score (nSPS) is 9.25. The number of hydrogen-bond donors (Lipinski definition) is 0. The summed E-state index contributed by atoms with van der Waals surface area (Å²) in [5.41, 5.74) is 2.30. The van der Waals surface area contributed by atoms with Gasteiger partial charge in [0, 0.05) is 23.3 Å². The molecule has 16 heavy (non-hydrogen) atoms. The zero-order valence-electron chi connectivity index (χ0n) is 9.94. The highest BCUT2D eigenvalue weighted by atomic mass is 31.0. The largest absolute Gasteiger partial charge is 0.236 e. The van der Waals surface area contributed by atoms with Gasteiger partial charge in [-0.3, -0.25) is 0 Å². The smallest absolute Gasteiger partial charge is 0.159 e. The molecule has 2 nitrogen and oxygen atoms in total. The van der Waals surface area contributed by atoms with Crippen LogP contribution in [0.4, 0.5) is 0 Å². The molecule has 0 saturated carbocycles. The second-order valence-corrected chi connectivity index (χ2v) is 3.87. The van der Waals surface area contributed by atoms with Crippen LogP contribution in [-0.4, -0.2) is 9.97 Å². The van der Waals surface area contributed by atoms with E-state index in [1.807, 2.05) is 26.0 Å². The van der Waals surface area contributed by atoms with Crippen molar-refractivity contribution in [3.63, 3.8) is 0 Å². The molecule has 2 rings (SSSR count). The standard InChI is InChI=1S/C11H11N2P.C2H6/c1-8-2-4-9(5-3-8)11-12-6-10(14)7-13-11;1-2/h2-7H,14H2,1H3;1-2H3. The maximum atomic E-state index is 4.25. The monoisotopic (exact) mass is 232 g/mol. The van der Waals surface area contributed by atoms with Crippen LogP contribution in [-0.2, 0) is 0 Å². The van der Waals surface area contributed by atoms with Gasteiger partial charge in [0.15, 0.2) is 5.82 Å². The Kier molecular flexibility index (Phi) is 5.07. The number of aromatic nitrogens is 2. The zero-order chi connectivity index (χ0) is 12.0. The molecule has 0 bridgehead atoms. The summed E-state index contributed by atoms with van der Waals surface area (Å²) in [6.07, 6.45) is 3.60. The molecule has 1 heterocycles. The summed E-state index contributed by atoms with van der Waals surface area (Å²) in [4.78, 5) is 8.49. The Hall–Kier alpha value is -1.27. The van der Waals surface area contributed by atoms with Gasteiger partial charge in [-0.1, -0.05) is 43.7 Å².